The van der Waals surface area contributed by atoms with Crippen molar-refractivity contribution in [1.29, 1.82) is 0 Å². The highest BCUT2D eigenvalue weighted by Gasteiger charge is 2.60. The minimum atomic E-state index is -3.50. The van der Waals surface area contributed by atoms with Crippen molar-refractivity contribution in [1.82, 2.24) is 4.98 Å². The highest BCUT2D eigenvalue weighted by Crippen LogP contribution is 2.58. The molecular weight excluding hydrogens is 560 g/mol. The minimum Gasteiger partial charge on any atom is -0.507 e. The van der Waals surface area contributed by atoms with Gasteiger partial charge in [-0.1, -0.05) is 24.4 Å². The maximum absolute atomic E-state index is 15.4. The molecule has 1 aliphatic rings. The van der Waals surface area contributed by atoms with E-state index in [9.17, 15) is 15.0 Å². The smallest absolute Gasteiger partial charge is 0.321 e. The summed E-state index contributed by atoms with van der Waals surface area (Å²) in [6, 6.07) is 7.55. The van der Waals surface area contributed by atoms with Gasteiger partial charge in [-0.3, -0.25) is 4.79 Å². The lowest BCUT2D eigenvalue weighted by molar-refractivity contribution is -0.133. The number of aliphatic hydroxyl groups is 1. The van der Waals surface area contributed by atoms with Crippen molar-refractivity contribution in [3.05, 3.63) is 69.3 Å². The van der Waals surface area contributed by atoms with Crippen LogP contribution in [0.5, 0.6) is 5.75 Å². The fourth-order valence-electron chi connectivity index (χ4n) is 4.98. The van der Waals surface area contributed by atoms with Gasteiger partial charge in [-0.05, 0) is 75.7 Å². The summed E-state index contributed by atoms with van der Waals surface area (Å²) >= 11 is -1.97. The van der Waals surface area contributed by atoms with Gasteiger partial charge in [0.1, 0.15) is 11.6 Å². The number of H-pyrrole nitrogens is 1. The molecule has 1 aliphatic carbocycles. The Morgan fingerprint density at radius 1 is 1.29 bits per heavy atom. The molecule has 34 heavy (non-hydrogen) atoms. The first-order chi connectivity index (χ1) is 16.1. The van der Waals surface area contributed by atoms with E-state index in [0.29, 0.717) is 28.6 Å². The molecule has 0 bridgehead atoms. The molecule has 0 spiro atoms. The van der Waals surface area contributed by atoms with Crippen LogP contribution < -0.4 is 10.9 Å². The Morgan fingerprint density at radius 3 is 2.68 bits per heavy atom. The number of benzene rings is 2. The Balaban J connectivity index is 1.99. The predicted octanol–water partition coefficient (Wildman–Crippen LogP) is 5.71. The van der Waals surface area contributed by atoms with Crippen molar-refractivity contribution in [3.8, 4) is 5.75 Å². The van der Waals surface area contributed by atoms with Gasteiger partial charge in [-0.25, -0.2) is 4.39 Å². The average Bonchev–Trinajstić information content (AvgIpc) is 2.80. The first-order valence-electron chi connectivity index (χ1n) is 11.0. The molecule has 3 aromatic rings. The van der Waals surface area contributed by atoms with Gasteiger partial charge in [0, 0.05) is 28.3 Å². The van der Waals surface area contributed by atoms with E-state index in [1.54, 1.807) is 38.1 Å². The number of aromatic nitrogens is 1. The van der Waals surface area contributed by atoms with Gasteiger partial charge in [0.15, 0.2) is 5.60 Å². The third-order valence-corrected chi connectivity index (χ3v) is 8.64. The Bertz CT molecular complexity index is 1330. The number of anilines is 1. The van der Waals surface area contributed by atoms with Crippen molar-refractivity contribution in [2.24, 2.45) is 0 Å². The summed E-state index contributed by atoms with van der Waals surface area (Å²) in [7, 11) is 0. The molecular formula is C25H26F3IN2O3. The molecule has 0 radical (unpaired) electrons. The van der Waals surface area contributed by atoms with Crippen LogP contribution >= 0.6 is 20.7 Å². The van der Waals surface area contributed by atoms with Gasteiger partial charge < -0.3 is 20.5 Å². The van der Waals surface area contributed by atoms with E-state index in [1.807, 2.05) is 0 Å². The molecule has 3 atom stereocenters. The van der Waals surface area contributed by atoms with E-state index >= 15 is 13.2 Å². The first-order valence-corrected chi connectivity index (χ1v) is 13.6. The fourth-order valence-corrected chi connectivity index (χ4v) is 6.17. The van der Waals surface area contributed by atoms with Crippen molar-refractivity contribution in [3.63, 3.8) is 0 Å². The first kappa shape index (κ1) is 24.7. The SMILES string of the molecule is C=IC(F)(F)[C@@]1(O)C[C@@H](CC)c2c(cc(F)c(CC)c2O)C1Nc1cccc2[nH]c(=O)ccc12. The van der Waals surface area contributed by atoms with Crippen LogP contribution in [0.3, 0.4) is 0 Å². The maximum atomic E-state index is 15.4. The van der Waals surface area contributed by atoms with E-state index in [2.05, 4.69) is 14.8 Å². The molecule has 1 heterocycles. The van der Waals surface area contributed by atoms with Crippen LogP contribution in [-0.2, 0) is 6.42 Å². The summed E-state index contributed by atoms with van der Waals surface area (Å²) in [5.41, 5.74) is -1.40. The minimum absolute atomic E-state index is 0.103. The van der Waals surface area contributed by atoms with E-state index in [4.69, 9.17) is 0 Å². The monoisotopic (exact) mass is 586 g/mol. The van der Waals surface area contributed by atoms with Crippen molar-refractivity contribution in [2.75, 3.05) is 5.32 Å². The third kappa shape index (κ3) is 3.82. The number of hydrogen-bond acceptors (Lipinski definition) is 4. The number of aromatic hydroxyl groups is 1. The lowest BCUT2D eigenvalue weighted by Crippen LogP contribution is -2.55. The standard InChI is InChI=1S/C25H26F3IN2O3/c1-4-13-12-24(34,25(27,28)29-3)23(16-11-17(26)14(5-2)22(33)21(13)16)31-19-8-6-7-18-15(19)9-10-20(32)30-18/h6-11,13,23,31,33-34H,3-5,12H2,1-2H3,(H,30,32)/t13-,23?,24-/m1/s1. The summed E-state index contributed by atoms with van der Waals surface area (Å²) in [6.07, 6.45) is 0.298. The summed E-state index contributed by atoms with van der Waals surface area (Å²) < 4.78 is 45.7. The number of halogens is 4. The summed E-state index contributed by atoms with van der Waals surface area (Å²) in [5, 5.41) is 26.1. The quantitative estimate of drug-likeness (QED) is 0.220. The van der Waals surface area contributed by atoms with Crippen molar-refractivity contribution in [2.45, 2.75) is 54.6 Å². The third-order valence-electron chi connectivity index (χ3n) is 6.75. The predicted molar refractivity (Wildman–Crippen MR) is 137 cm³/mol. The zero-order valence-corrected chi connectivity index (χ0v) is 20.9. The fraction of sp³-hybridized carbons (Fsp3) is 0.360. The van der Waals surface area contributed by atoms with Gasteiger partial charge >= 0.3 is 3.93 Å². The van der Waals surface area contributed by atoms with Gasteiger partial charge in [-0.2, -0.15) is 8.78 Å². The number of aromatic amines is 1. The average molecular weight is 586 g/mol. The molecule has 0 fully saturated rings. The maximum Gasteiger partial charge on any atom is 0.321 e. The number of phenols is 1. The molecule has 182 valence electrons. The molecule has 0 amide bonds. The van der Waals surface area contributed by atoms with Gasteiger partial charge in [0.25, 0.3) is 0 Å². The second kappa shape index (κ2) is 8.99. The van der Waals surface area contributed by atoms with E-state index in [-0.39, 0.29) is 35.3 Å². The zero-order chi connectivity index (χ0) is 24.8. The van der Waals surface area contributed by atoms with Gasteiger partial charge in [0.2, 0.25) is 5.56 Å². The largest absolute Gasteiger partial charge is 0.507 e. The summed E-state index contributed by atoms with van der Waals surface area (Å²) in [5.74, 6) is -1.54. The van der Waals surface area contributed by atoms with Crippen LogP contribution in [0.4, 0.5) is 18.9 Å². The van der Waals surface area contributed by atoms with E-state index in [1.165, 1.54) is 6.07 Å². The van der Waals surface area contributed by atoms with Crippen LogP contribution in [-0.4, -0.2) is 29.2 Å². The van der Waals surface area contributed by atoms with Crippen molar-refractivity contribution >= 4 is 41.8 Å². The molecule has 1 aromatic heterocycles. The molecule has 0 aliphatic heterocycles. The van der Waals surface area contributed by atoms with E-state index < -0.39 is 48.0 Å². The number of hydrogen-bond donors (Lipinski definition) is 4. The van der Waals surface area contributed by atoms with Crippen LogP contribution in [0.25, 0.3) is 10.9 Å². The number of nitrogens with one attached hydrogen (secondary N) is 2. The molecule has 4 N–H and O–H groups in total. The molecule has 5 nitrogen and oxygen atoms in total. The Labute approximate surface area is 204 Å². The lowest BCUT2D eigenvalue weighted by atomic mass is 9.69. The molecule has 1 unspecified atom stereocenters. The van der Waals surface area contributed by atoms with Gasteiger partial charge in [-0.15, -0.1) is 0 Å². The summed E-state index contributed by atoms with van der Waals surface area (Å²) in [4.78, 5) is 14.4. The number of rotatable bonds is 6. The van der Waals surface area contributed by atoms with Crippen LogP contribution in [0.15, 0.2) is 41.2 Å². The van der Waals surface area contributed by atoms with Crippen LogP contribution in [0.1, 0.15) is 55.3 Å². The number of phenolic OH excluding ortho intramolecular Hbond substituents is 1. The molecule has 2 aromatic carbocycles. The highest BCUT2D eigenvalue weighted by molar-refractivity contribution is 14.2. The topological polar surface area (TPSA) is 85.3 Å². The van der Waals surface area contributed by atoms with Crippen LogP contribution in [0.2, 0.25) is 0 Å². The number of fused-ring (bicyclic) bond motifs is 2. The molecule has 0 saturated heterocycles. The van der Waals surface area contributed by atoms with Crippen LogP contribution in [0, 0.1) is 5.82 Å². The molecule has 4 rings (SSSR count). The number of pyridine rings is 1. The van der Waals surface area contributed by atoms with Gasteiger partial charge in [0.05, 0.1) is 11.6 Å². The lowest BCUT2D eigenvalue weighted by Gasteiger charge is -2.47. The second-order valence-electron chi connectivity index (χ2n) is 8.57. The Morgan fingerprint density at radius 2 is 2.03 bits per heavy atom. The highest BCUT2D eigenvalue weighted by atomic mass is 127. The van der Waals surface area contributed by atoms with E-state index in [0.717, 1.165) is 6.07 Å². The second-order valence-corrected chi connectivity index (χ2v) is 10.7. The van der Waals surface area contributed by atoms with Crippen molar-refractivity contribution < 1.29 is 23.4 Å². The Hall–Kier alpha value is -2.40. The molecule has 9 heteroatoms. The normalized spacial score (nSPS) is 22.5. The molecule has 0 saturated carbocycles. The summed E-state index contributed by atoms with van der Waals surface area (Å²) in [6.45, 7) is 3.49. The zero-order valence-electron chi connectivity index (χ0n) is 18.8. The number of alkyl halides is 3. The Kier molecular flexibility index (Phi) is 6.54.